The summed E-state index contributed by atoms with van der Waals surface area (Å²) in [6.07, 6.45) is 0.679. The molecule has 0 bridgehead atoms. The van der Waals surface area contributed by atoms with Crippen LogP contribution in [0.3, 0.4) is 0 Å². The molecule has 0 radical (unpaired) electrons. The smallest absolute Gasteiger partial charge is 0.303 e. The highest BCUT2D eigenvalue weighted by molar-refractivity contribution is 5.67. The van der Waals surface area contributed by atoms with Crippen molar-refractivity contribution in [1.82, 2.24) is 0 Å². The average Bonchev–Trinajstić information content (AvgIpc) is 2.54. The van der Waals surface area contributed by atoms with Crippen LogP contribution in [0.4, 0.5) is 5.69 Å². The van der Waals surface area contributed by atoms with E-state index in [0.29, 0.717) is 13.0 Å². The van der Waals surface area contributed by atoms with Crippen molar-refractivity contribution in [3.05, 3.63) is 65.7 Å². The lowest BCUT2D eigenvalue weighted by molar-refractivity contribution is -0.136. The summed E-state index contributed by atoms with van der Waals surface area (Å²) in [4.78, 5) is 12.7. The molecule has 0 aliphatic heterocycles. The highest BCUT2D eigenvalue weighted by Gasteiger charge is 2.07. The zero-order chi connectivity index (χ0) is 15.8. The van der Waals surface area contributed by atoms with Gasteiger partial charge in [0.2, 0.25) is 0 Å². The van der Waals surface area contributed by atoms with Gasteiger partial charge in [0.1, 0.15) is 0 Å². The zero-order valence-electron chi connectivity index (χ0n) is 12.5. The Bertz CT molecular complexity index is 581. The molecule has 2 N–H and O–H groups in total. The van der Waals surface area contributed by atoms with Crippen LogP contribution < -0.4 is 4.90 Å². The van der Waals surface area contributed by atoms with E-state index in [-0.39, 0.29) is 13.0 Å². The second kappa shape index (κ2) is 8.20. The molecule has 2 aromatic rings. The van der Waals surface area contributed by atoms with Crippen LogP contribution in [0.1, 0.15) is 17.5 Å². The molecule has 4 nitrogen and oxygen atoms in total. The Hall–Kier alpha value is -2.33. The van der Waals surface area contributed by atoms with Crippen molar-refractivity contribution >= 4 is 11.7 Å². The zero-order valence-corrected chi connectivity index (χ0v) is 12.5. The molecule has 0 saturated carbocycles. The Morgan fingerprint density at radius 3 is 2.23 bits per heavy atom. The van der Waals surface area contributed by atoms with Crippen LogP contribution >= 0.6 is 0 Å². The normalized spacial score (nSPS) is 10.4. The molecule has 116 valence electrons. The van der Waals surface area contributed by atoms with Crippen molar-refractivity contribution in [1.29, 1.82) is 0 Å². The topological polar surface area (TPSA) is 60.8 Å². The first-order chi connectivity index (χ1) is 10.7. The van der Waals surface area contributed by atoms with Crippen molar-refractivity contribution in [3.8, 4) is 0 Å². The lowest BCUT2D eigenvalue weighted by Gasteiger charge is -2.24. The third-order valence-corrected chi connectivity index (χ3v) is 3.52. The van der Waals surface area contributed by atoms with Crippen molar-refractivity contribution in [2.75, 3.05) is 18.1 Å². The number of benzene rings is 2. The molecule has 2 rings (SSSR count). The van der Waals surface area contributed by atoms with Gasteiger partial charge in [0, 0.05) is 25.2 Å². The molecular weight excluding hydrogens is 278 g/mol. The number of carboxylic acid groups (broad SMARTS) is 1. The maximum Gasteiger partial charge on any atom is 0.303 e. The van der Waals surface area contributed by atoms with E-state index >= 15 is 0 Å². The summed E-state index contributed by atoms with van der Waals surface area (Å²) in [5.41, 5.74) is 3.22. The highest BCUT2D eigenvalue weighted by Crippen LogP contribution is 2.18. The summed E-state index contributed by atoms with van der Waals surface area (Å²) >= 11 is 0. The first-order valence-electron chi connectivity index (χ1n) is 7.39. The number of rotatable bonds is 8. The van der Waals surface area contributed by atoms with E-state index in [2.05, 4.69) is 17.0 Å². The number of hydrogen-bond donors (Lipinski definition) is 2. The summed E-state index contributed by atoms with van der Waals surface area (Å²) in [7, 11) is 0. The Morgan fingerprint density at radius 1 is 0.955 bits per heavy atom. The third-order valence-electron chi connectivity index (χ3n) is 3.52. The molecule has 0 amide bonds. The predicted octanol–water partition coefficient (Wildman–Crippen LogP) is 2.70. The summed E-state index contributed by atoms with van der Waals surface area (Å²) in [6.45, 7) is 1.38. The van der Waals surface area contributed by atoms with Crippen molar-refractivity contribution < 1.29 is 15.0 Å². The fraction of sp³-hybridized carbons (Fsp3) is 0.278. The Kier molecular flexibility index (Phi) is 5.98. The Morgan fingerprint density at radius 2 is 1.64 bits per heavy atom. The average molecular weight is 299 g/mol. The van der Waals surface area contributed by atoms with Crippen LogP contribution in [0.2, 0.25) is 0 Å². The van der Waals surface area contributed by atoms with Gasteiger partial charge in [0.15, 0.2) is 0 Å². The fourth-order valence-corrected chi connectivity index (χ4v) is 2.35. The maximum absolute atomic E-state index is 10.6. The number of aryl methyl sites for hydroxylation is 1. The van der Waals surface area contributed by atoms with Crippen LogP contribution in [0.5, 0.6) is 0 Å². The highest BCUT2D eigenvalue weighted by atomic mass is 16.4. The van der Waals surface area contributed by atoms with Gasteiger partial charge < -0.3 is 15.1 Å². The summed E-state index contributed by atoms with van der Waals surface area (Å²) in [5, 5.41) is 18.0. The van der Waals surface area contributed by atoms with Crippen LogP contribution in [0, 0.1) is 0 Å². The van der Waals surface area contributed by atoms with Gasteiger partial charge in [-0.2, -0.15) is 0 Å². The van der Waals surface area contributed by atoms with E-state index in [9.17, 15) is 9.90 Å². The molecule has 0 saturated heterocycles. The van der Waals surface area contributed by atoms with Crippen molar-refractivity contribution in [2.45, 2.75) is 19.4 Å². The first-order valence-corrected chi connectivity index (χ1v) is 7.39. The van der Waals surface area contributed by atoms with Gasteiger partial charge in [0.05, 0.1) is 6.61 Å². The quantitative estimate of drug-likeness (QED) is 0.787. The largest absolute Gasteiger partial charge is 0.481 e. The number of carbonyl (C=O) groups is 1. The summed E-state index contributed by atoms with van der Waals surface area (Å²) in [6, 6.07) is 18.0. The molecule has 0 aliphatic carbocycles. The molecule has 0 fully saturated rings. The van der Waals surface area contributed by atoms with Gasteiger partial charge in [0.25, 0.3) is 0 Å². The van der Waals surface area contributed by atoms with Gasteiger partial charge in [-0.3, -0.25) is 4.79 Å². The number of aliphatic hydroxyl groups is 1. The van der Waals surface area contributed by atoms with Crippen LogP contribution in [0.15, 0.2) is 54.6 Å². The standard InChI is InChI=1S/C18H21NO3/c20-13-12-19(14-16-4-2-1-3-5-16)17-9-6-15(7-10-17)8-11-18(21)22/h1-7,9-10,20H,8,11-14H2,(H,21,22). The van der Waals surface area contributed by atoms with Crippen molar-refractivity contribution in [2.24, 2.45) is 0 Å². The number of anilines is 1. The lowest BCUT2D eigenvalue weighted by Crippen LogP contribution is -2.26. The fourth-order valence-electron chi connectivity index (χ4n) is 2.35. The van der Waals surface area contributed by atoms with E-state index < -0.39 is 5.97 Å². The summed E-state index contributed by atoms with van der Waals surface area (Å²) in [5.74, 6) is -0.782. The molecule has 22 heavy (non-hydrogen) atoms. The van der Waals surface area contributed by atoms with E-state index in [0.717, 1.165) is 17.8 Å². The number of aliphatic hydroxyl groups excluding tert-OH is 1. The van der Waals surface area contributed by atoms with E-state index in [1.807, 2.05) is 42.5 Å². The van der Waals surface area contributed by atoms with Crippen LogP contribution in [0.25, 0.3) is 0 Å². The molecule has 0 aromatic heterocycles. The molecule has 2 aromatic carbocycles. The third kappa shape index (κ3) is 4.90. The van der Waals surface area contributed by atoms with Gasteiger partial charge in [-0.15, -0.1) is 0 Å². The van der Waals surface area contributed by atoms with Gasteiger partial charge in [-0.25, -0.2) is 0 Å². The predicted molar refractivity (Wildman–Crippen MR) is 87.0 cm³/mol. The Balaban J connectivity index is 2.06. The van der Waals surface area contributed by atoms with Crippen LogP contribution in [-0.4, -0.2) is 29.3 Å². The first kappa shape index (κ1) is 16.0. The molecular formula is C18H21NO3. The lowest BCUT2D eigenvalue weighted by atomic mass is 10.1. The number of hydrogen-bond acceptors (Lipinski definition) is 3. The number of carboxylic acids is 1. The van der Waals surface area contributed by atoms with Crippen molar-refractivity contribution in [3.63, 3.8) is 0 Å². The van der Waals surface area contributed by atoms with E-state index in [1.54, 1.807) is 0 Å². The molecule has 0 unspecified atom stereocenters. The maximum atomic E-state index is 10.6. The minimum absolute atomic E-state index is 0.0909. The molecule has 4 heteroatoms. The SMILES string of the molecule is O=C(O)CCc1ccc(N(CCO)Cc2ccccc2)cc1. The minimum Gasteiger partial charge on any atom is -0.481 e. The number of nitrogens with zero attached hydrogens (tertiary/aromatic N) is 1. The second-order valence-electron chi connectivity index (χ2n) is 5.19. The van der Waals surface area contributed by atoms with Gasteiger partial charge >= 0.3 is 5.97 Å². The second-order valence-corrected chi connectivity index (χ2v) is 5.19. The van der Waals surface area contributed by atoms with E-state index in [4.69, 9.17) is 5.11 Å². The molecule has 0 aliphatic rings. The van der Waals surface area contributed by atoms with Gasteiger partial charge in [-0.1, -0.05) is 42.5 Å². The monoisotopic (exact) mass is 299 g/mol. The Labute approximate surface area is 130 Å². The van der Waals surface area contributed by atoms with Gasteiger partial charge in [-0.05, 0) is 29.7 Å². The molecule has 0 heterocycles. The molecule has 0 atom stereocenters. The molecule has 0 spiro atoms. The number of aliphatic carboxylic acids is 1. The minimum atomic E-state index is -0.782. The van der Waals surface area contributed by atoms with Crippen LogP contribution in [-0.2, 0) is 17.8 Å². The summed E-state index contributed by atoms with van der Waals surface area (Å²) < 4.78 is 0. The van der Waals surface area contributed by atoms with E-state index in [1.165, 1.54) is 5.56 Å².